The molecule has 0 atom stereocenters. The van der Waals surface area contributed by atoms with Crippen LogP contribution in [0.4, 0.5) is 10.1 Å². The first-order chi connectivity index (χ1) is 10.0. The van der Waals surface area contributed by atoms with Gasteiger partial charge in [-0.15, -0.1) is 0 Å². The molecule has 0 saturated carbocycles. The number of nitrogens with one attached hydrogen (secondary N) is 2. The first-order valence-electron chi connectivity index (χ1n) is 6.70. The normalized spacial score (nSPS) is 10.8. The molecule has 3 nitrogen and oxygen atoms in total. The Morgan fingerprint density at radius 3 is 2.71 bits per heavy atom. The van der Waals surface area contributed by atoms with Gasteiger partial charge in [0.25, 0.3) is 5.91 Å². The number of benzene rings is 2. The van der Waals surface area contributed by atoms with E-state index in [2.05, 4.69) is 10.3 Å². The van der Waals surface area contributed by atoms with Crippen molar-refractivity contribution < 1.29 is 9.18 Å². The Morgan fingerprint density at radius 1 is 1.14 bits per heavy atom. The molecular formula is C17H15FN2O. The molecule has 0 aliphatic rings. The quantitative estimate of drug-likeness (QED) is 0.727. The summed E-state index contributed by atoms with van der Waals surface area (Å²) in [6.45, 7) is 3.90. The van der Waals surface area contributed by atoms with E-state index < -0.39 is 0 Å². The minimum Gasteiger partial charge on any atom is -0.350 e. The maximum absolute atomic E-state index is 13.2. The number of halogens is 1. The van der Waals surface area contributed by atoms with Crippen LogP contribution in [0.3, 0.4) is 0 Å². The smallest absolute Gasteiger partial charge is 0.272 e. The highest BCUT2D eigenvalue weighted by Gasteiger charge is 2.15. The predicted molar refractivity (Wildman–Crippen MR) is 82.1 cm³/mol. The molecule has 1 heterocycles. The van der Waals surface area contributed by atoms with Crippen LogP contribution >= 0.6 is 0 Å². The summed E-state index contributed by atoms with van der Waals surface area (Å²) in [5.41, 5.74) is 3.88. The predicted octanol–water partition coefficient (Wildman–Crippen LogP) is 4.18. The Balaban J connectivity index is 1.96. The van der Waals surface area contributed by atoms with Gasteiger partial charge < -0.3 is 10.3 Å². The van der Waals surface area contributed by atoms with Gasteiger partial charge in [-0.1, -0.05) is 18.2 Å². The van der Waals surface area contributed by atoms with Gasteiger partial charge in [-0.2, -0.15) is 0 Å². The van der Waals surface area contributed by atoms with E-state index in [4.69, 9.17) is 0 Å². The van der Waals surface area contributed by atoms with Crippen molar-refractivity contribution in [1.29, 1.82) is 0 Å². The molecule has 4 heteroatoms. The molecular weight excluding hydrogens is 267 g/mol. The van der Waals surface area contributed by atoms with Gasteiger partial charge in [-0.25, -0.2) is 4.39 Å². The van der Waals surface area contributed by atoms with Gasteiger partial charge in [0.05, 0.1) is 0 Å². The molecule has 0 radical (unpaired) electrons. The summed E-state index contributed by atoms with van der Waals surface area (Å²) >= 11 is 0. The van der Waals surface area contributed by atoms with Crippen molar-refractivity contribution >= 4 is 22.5 Å². The fourth-order valence-electron chi connectivity index (χ4n) is 2.44. The SMILES string of the molecule is Cc1ccc2c(C)c(C(=O)Nc3cccc(F)c3)[nH]c2c1. The number of amides is 1. The molecule has 0 saturated heterocycles. The summed E-state index contributed by atoms with van der Waals surface area (Å²) in [6.07, 6.45) is 0. The first-order valence-corrected chi connectivity index (χ1v) is 6.70. The van der Waals surface area contributed by atoms with Crippen LogP contribution in [0, 0.1) is 19.7 Å². The molecule has 0 fully saturated rings. The van der Waals surface area contributed by atoms with E-state index in [1.54, 1.807) is 12.1 Å². The van der Waals surface area contributed by atoms with E-state index in [9.17, 15) is 9.18 Å². The fourth-order valence-corrected chi connectivity index (χ4v) is 2.44. The van der Waals surface area contributed by atoms with Crippen LogP contribution in [0.2, 0.25) is 0 Å². The second-order valence-electron chi connectivity index (χ2n) is 5.14. The number of H-pyrrole nitrogens is 1. The van der Waals surface area contributed by atoms with Gasteiger partial charge in [0.1, 0.15) is 11.5 Å². The zero-order chi connectivity index (χ0) is 15.0. The third-order valence-corrected chi connectivity index (χ3v) is 3.52. The minimum absolute atomic E-state index is 0.271. The molecule has 3 aromatic rings. The number of aromatic amines is 1. The van der Waals surface area contributed by atoms with E-state index >= 15 is 0 Å². The van der Waals surface area contributed by atoms with E-state index in [0.29, 0.717) is 11.4 Å². The molecule has 0 aliphatic heterocycles. The highest BCUT2D eigenvalue weighted by atomic mass is 19.1. The van der Waals surface area contributed by atoms with Crippen LogP contribution in [0.25, 0.3) is 10.9 Å². The van der Waals surface area contributed by atoms with Crippen LogP contribution < -0.4 is 5.32 Å². The average Bonchev–Trinajstić information content (AvgIpc) is 2.75. The van der Waals surface area contributed by atoms with Crippen molar-refractivity contribution in [3.8, 4) is 0 Å². The number of carbonyl (C=O) groups is 1. The summed E-state index contributed by atoms with van der Waals surface area (Å²) in [7, 11) is 0. The van der Waals surface area contributed by atoms with Crippen LogP contribution in [0.5, 0.6) is 0 Å². The van der Waals surface area contributed by atoms with Gasteiger partial charge in [0.2, 0.25) is 0 Å². The molecule has 106 valence electrons. The molecule has 1 amide bonds. The average molecular weight is 282 g/mol. The maximum Gasteiger partial charge on any atom is 0.272 e. The lowest BCUT2D eigenvalue weighted by Gasteiger charge is -2.04. The summed E-state index contributed by atoms with van der Waals surface area (Å²) < 4.78 is 13.2. The van der Waals surface area contributed by atoms with Gasteiger partial charge in [-0.3, -0.25) is 4.79 Å². The highest BCUT2D eigenvalue weighted by molar-refractivity contribution is 6.07. The third-order valence-electron chi connectivity index (χ3n) is 3.52. The highest BCUT2D eigenvalue weighted by Crippen LogP contribution is 2.23. The van der Waals surface area contributed by atoms with E-state index in [0.717, 1.165) is 22.0 Å². The van der Waals surface area contributed by atoms with Crippen LogP contribution in [-0.4, -0.2) is 10.9 Å². The lowest BCUT2D eigenvalue weighted by atomic mass is 10.1. The molecule has 0 spiro atoms. The largest absolute Gasteiger partial charge is 0.350 e. The molecule has 3 rings (SSSR count). The van der Waals surface area contributed by atoms with Crippen molar-refractivity contribution in [1.82, 2.24) is 4.98 Å². The lowest BCUT2D eigenvalue weighted by Crippen LogP contribution is -2.13. The third kappa shape index (κ3) is 2.52. The monoisotopic (exact) mass is 282 g/mol. The Kier molecular flexibility index (Phi) is 3.22. The van der Waals surface area contributed by atoms with Crippen molar-refractivity contribution in [2.75, 3.05) is 5.32 Å². The molecule has 21 heavy (non-hydrogen) atoms. The number of aromatic nitrogens is 1. The second-order valence-corrected chi connectivity index (χ2v) is 5.14. The van der Waals surface area contributed by atoms with Crippen LogP contribution in [0.15, 0.2) is 42.5 Å². The maximum atomic E-state index is 13.2. The molecule has 2 N–H and O–H groups in total. The number of anilines is 1. The Hall–Kier alpha value is -2.62. The Bertz CT molecular complexity index is 836. The van der Waals surface area contributed by atoms with Crippen molar-refractivity contribution in [2.24, 2.45) is 0 Å². The van der Waals surface area contributed by atoms with Crippen LogP contribution in [-0.2, 0) is 0 Å². The number of carbonyl (C=O) groups excluding carboxylic acids is 1. The molecule has 0 aliphatic carbocycles. The standard InChI is InChI=1S/C17H15FN2O/c1-10-6-7-14-11(2)16(20-15(14)8-10)17(21)19-13-5-3-4-12(18)9-13/h3-9,20H,1-2H3,(H,19,21). The molecule has 0 unspecified atom stereocenters. The van der Waals surface area contributed by atoms with Crippen LogP contribution in [0.1, 0.15) is 21.6 Å². The Morgan fingerprint density at radius 2 is 1.95 bits per heavy atom. The minimum atomic E-state index is -0.378. The lowest BCUT2D eigenvalue weighted by molar-refractivity contribution is 0.102. The van der Waals surface area contributed by atoms with E-state index in [1.165, 1.54) is 12.1 Å². The van der Waals surface area contributed by atoms with Crippen molar-refractivity contribution in [3.05, 3.63) is 65.1 Å². The molecule has 0 bridgehead atoms. The number of aryl methyl sites for hydroxylation is 2. The Labute approximate surface area is 121 Å². The summed E-state index contributed by atoms with van der Waals surface area (Å²) in [6, 6.07) is 11.9. The number of hydrogen-bond acceptors (Lipinski definition) is 1. The van der Waals surface area contributed by atoms with Crippen molar-refractivity contribution in [2.45, 2.75) is 13.8 Å². The number of hydrogen-bond donors (Lipinski definition) is 2. The summed E-state index contributed by atoms with van der Waals surface area (Å²) in [4.78, 5) is 15.5. The van der Waals surface area contributed by atoms with Gasteiger partial charge >= 0.3 is 0 Å². The van der Waals surface area contributed by atoms with Gasteiger partial charge in [0, 0.05) is 16.6 Å². The fraction of sp³-hybridized carbons (Fsp3) is 0.118. The topological polar surface area (TPSA) is 44.9 Å². The zero-order valence-corrected chi connectivity index (χ0v) is 11.8. The number of fused-ring (bicyclic) bond motifs is 1. The van der Waals surface area contributed by atoms with Crippen molar-refractivity contribution in [3.63, 3.8) is 0 Å². The second kappa shape index (κ2) is 5.05. The van der Waals surface area contributed by atoms with E-state index in [1.807, 2.05) is 32.0 Å². The summed E-state index contributed by atoms with van der Waals surface area (Å²) in [5, 5.41) is 3.72. The van der Waals surface area contributed by atoms with Gasteiger partial charge in [0.15, 0.2) is 0 Å². The zero-order valence-electron chi connectivity index (χ0n) is 11.8. The number of rotatable bonds is 2. The molecule has 1 aromatic heterocycles. The molecule has 2 aromatic carbocycles. The summed E-state index contributed by atoms with van der Waals surface area (Å²) in [5.74, 6) is -0.649. The van der Waals surface area contributed by atoms with E-state index in [-0.39, 0.29) is 11.7 Å². The first kappa shape index (κ1) is 13.4. The van der Waals surface area contributed by atoms with Gasteiger partial charge in [-0.05, 0) is 49.2 Å².